The molecule has 0 saturated carbocycles. The summed E-state index contributed by atoms with van der Waals surface area (Å²) in [6.45, 7) is 0. The maximum absolute atomic E-state index is 3.85. The van der Waals surface area contributed by atoms with Gasteiger partial charge in [-0.25, -0.2) is 0 Å². The maximum Gasteiger partial charge on any atom is 0.287 e. The highest BCUT2D eigenvalue weighted by Crippen LogP contribution is 1.81. The molecule has 2 aliphatic rings. The Hall–Kier alpha value is -1.55. The van der Waals surface area contributed by atoms with Gasteiger partial charge in [-0.2, -0.15) is 0 Å². The number of allylic oxidation sites excluding steroid dienone is 5. The molecule has 0 bridgehead atoms. The van der Waals surface area contributed by atoms with Crippen molar-refractivity contribution in [2.24, 2.45) is 4.90 Å². The second-order valence-electron chi connectivity index (χ2n) is 2.21. The molecule has 13 heavy (non-hydrogen) atoms. The van der Waals surface area contributed by atoms with E-state index in [2.05, 4.69) is 10.2 Å². The Morgan fingerprint density at radius 3 is 2.00 bits per heavy atom. The molecule has 0 atom stereocenters. The van der Waals surface area contributed by atoms with E-state index in [1.165, 1.54) is 0 Å². The predicted molar refractivity (Wildman–Crippen MR) is 59.0 cm³/mol. The van der Waals surface area contributed by atoms with Crippen LogP contribution in [-0.4, -0.2) is 19.1 Å². The topological polar surface area (TPSA) is 55.9 Å². The molecule has 0 amide bonds. The Morgan fingerprint density at radius 1 is 0.923 bits per heavy atom. The molecule has 2 heterocycles. The van der Waals surface area contributed by atoms with Crippen molar-refractivity contribution in [3.05, 3.63) is 48.8 Å². The molecule has 4 heteroatoms. The van der Waals surface area contributed by atoms with Gasteiger partial charge in [0.15, 0.2) is 0 Å². The molecule has 0 aromatic carbocycles. The first-order chi connectivity index (χ1) is 6.00. The first-order valence-electron chi connectivity index (χ1n) is 3.89. The van der Waals surface area contributed by atoms with Crippen molar-refractivity contribution in [1.29, 1.82) is 0 Å². The number of nitrogens with one attached hydrogen (secondary N) is 1. The van der Waals surface area contributed by atoms with Crippen LogP contribution in [0.1, 0.15) is 0 Å². The van der Waals surface area contributed by atoms with Crippen LogP contribution in [-0.2, 0) is 0 Å². The summed E-state index contributed by atoms with van der Waals surface area (Å²) < 4.78 is 0. The lowest BCUT2D eigenvalue weighted by atomic mass is 10.00. The summed E-state index contributed by atoms with van der Waals surface area (Å²) in [5.74, 6) is 2.01. The van der Waals surface area contributed by atoms with E-state index in [4.69, 9.17) is 0 Å². The van der Waals surface area contributed by atoms with Crippen molar-refractivity contribution < 1.29 is 5.48 Å². The highest BCUT2D eigenvalue weighted by molar-refractivity contribution is 6.44. The van der Waals surface area contributed by atoms with Crippen molar-refractivity contribution in [1.82, 2.24) is 5.32 Å². The number of rotatable bonds is 0. The fraction of sp³-hybridized carbons (Fsp3) is 0. The molecule has 0 aromatic heterocycles. The van der Waals surface area contributed by atoms with Crippen molar-refractivity contribution in [3.8, 4) is 0 Å². The Balaban J connectivity index is 0.000000215. The molecular weight excluding hydrogens is 163 g/mol. The highest BCUT2D eigenvalue weighted by atomic mass is 16.0. The zero-order valence-corrected chi connectivity index (χ0v) is 7.35. The van der Waals surface area contributed by atoms with E-state index in [1.807, 2.05) is 48.8 Å². The SMILES string of the molecule is B1C=CC=N1.C1=CC=CNC=C1.O. The third-order valence-corrected chi connectivity index (χ3v) is 1.26. The van der Waals surface area contributed by atoms with Crippen LogP contribution in [0.5, 0.6) is 0 Å². The van der Waals surface area contributed by atoms with E-state index in [-0.39, 0.29) is 5.48 Å². The Bertz CT molecular complexity index is 230. The standard InChI is InChI=1S/C6H7N.C3H4BN.H2O/c1-2-4-6-7-5-3-1;1-2-4-5-3-1;/h1-7H;1-4H;1H2. The minimum atomic E-state index is 0. The van der Waals surface area contributed by atoms with Crippen molar-refractivity contribution in [2.45, 2.75) is 0 Å². The van der Waals surface area contributed by atoms with Gasteiger partial charge in [-0.05, 0) is 12.2 Å². The summed E-state index contributed by atoms with van der Waals surface area (Å²) in [5.41, 5.74) is 0. The summed E-state index contributed by atoms with van der Waals surface area (Å²) in [4.78, 5) is 3.85. The average Bonchev–Trinajstić information content (AvgIpc) is 2.54. The fourth-order valence-electron chi connectivity index (χ4n) is 0.710. The van der Waals surface area contributed by atoms with Gasteiger partial charge in [-0.1, -0.05) is 24.2 Å². The van der Waals surface area contributed by atoms with Crippen LogP contribution in [0.4, 0.5) is 0 Å². The van der Waals surface area contributed by atoms with E-state index in [1.54, 1.807) is 6.21 Å². The third-order valence-electron chi connectivity index (χ3n) is 1.26. The summed E-state index contributed by atoms with van der Waals surface area (Å²) in [6, 6.07) is 0. The molecule has 3 nitrogen and oxygen atoms in total. The van der Waals surface area contributed by atoms with Crippen LogP contribution in [0.25, 0.3) is 0 Å². The zero-order valence-electron chi connectivity index (χ0n) is 7.35. The lowest BCUT2D eigenvalue weighted by Crippen LogP contribution is -1.87. The summed E-state index contributed by atoms with van der Waals surface area (Å²) in [7, 11) is 0.889. The lowest BCUT2D eigenvalue weighted by Gasteiger charge is -1.79. The van der Waals surface area contributed by atoms with Crippen LogP contribution >= 0.6 is 0 Å². The Kier molecular flexibility index (Phi) is 7.53. The second kappa shape index (κ2) is 8.55. The molecule has 68 valence electrons. The number of nitrogens with zero attached hydrogens (tertiary/aromatic N) is 1. The van der Waals surface area contributed by atoms with E-state index >= 15 is 0 Å². The fourth-order valence-corrected chi connectivity index (χ4v) is 0.710. The van der Waals surface area contributed by atoms with Gasteiger partial charge < -0.3 is 15.7 Å². The quantitative estimate of drug-likeness (QED) is 0.529. The van der Waals surface area contributed by atoms with Crippen LogP contribution in [0.3, 0.4) is 0 Å². The van der Waals surface area contributed by atoms with Crippen LogP contribution < -0.4 is 5.32 Å². The minimum Gasteiger partial charge on any atom is -0.412 e. The smallest absolute Gasteiger partial charge is 0.287 e. The van der Waals surface area contributed by atoms with E-state index in [0.717, 1.165) is 7.41 Å². The van der Waals surface area contributed by atoms with Crippen molar-refractivity contribution in [2.75, 3.05) is 0 Å². The molecule has 3 N–H and O–H groups in total. The molecule has 0 unspecified atom stereocenters. The monoisotopic (exact) mass is 176 g/mol. The number of hydrogen-bond donors (Lipinski definition) is 1. The molecule has 0 aromatic rings. The summed E-state index contributed by atoms with van der Waals surface area (Å²) in [5, 5.41) is 2.92. The van der Waals surface area contributed by atoms with Crippen LogP contribution in [0, 0.1) is 0 Å². The first-order valence-corrected chi connectivity index (χ1v) is 3.89. The normalized spacial score (nSPS) is 14.8. The highest BCUT2D eigenvalue weighted by Gasteiger charge is 1.77. The lowest BCUT2D eigenvalue weighted by molar-refractivity contribution is 0.824. The van der Waals surface area contributed by atoms with E-state index < -0.39 is 0 Å². The van der Waals surface area contributed by atoms with Crippen LogP contribution in [0.15, 0.2) is 53.7 Å². The molecule has 0 saturated heterocycles. The number of hydrogen-bond acceptors (Lipinski definition) is 2. The molecule has 0 fully saturated rings. The Labute approximate surface area is 78.8 Å². The van der Waals surface area contributed by atoms with Crippen molar-refractivity contribution in [3.63, 3.8) is 0 Å². The minimum absolute atomic E-state index is 0. The van der Waals surface area contributed by atoms with Gasteiger partial charge in [-0.3, -0.25) is 0 Å². The van der Waals surface area contributed by atoms with Gasteiger partial charge in [0.25, 0.3) is 7.41 Å². The maximum atomic E-state index is 3.85. The van der Waals surface area contributed by atoms with E-state index in [0.29, 0.717) is 0 Å². The largest absolute Gasteiger partial charge is 0.412 e. The van der Waals surface area contributed by atoms with Gasteiger partial charge in [0, 0.05) is 18.6 Å². The Morgan fingerprint density at radius 2 is 1.62 bits per heavy atom. The molecule has 2 aliphatic heterocycles. The van der Waals surface area contributed by atoms with Gasteiger partial charge in [0.05, 0.1) is 0 Å². The summed E-state index contributed by atoms with van der Waals surface area (Å²) >= 11 is 0. The molecule has 0 radical (unpaired) electrons. The second-order valence-corrected chi connectivity index (χ2v) is 2.21. The van der Waals surface area contributed by atoms with E-state index in [9.17, 15) is 0 Å². The van der Waals surface area contributed by atoms with Gasteiger partial charge in [-0.15, -0.1) is 0 Å². The molecular formula is C9H13BN2O. The average molecular weight is 176 g/mol. The molecule has 2 rings (SSSR count). The predicted octanol–water partition coefficient (Wildman–Crippen LogP) is 0.284. The third kappa shape index (κ3) is 6.84. The zero-order chi connectivity index (χ0) is 8.49. The van der Waals surface area contributed by atoms with Crippen molar-refractivity contribution >= 4 is 13.6 Å². The summed E-state index contributed by atoms with van der Waals surface area (Å²) in [6.07, 6.45) is 15.3. The molecule has 0 aliphatic carbocycles. The van der Waals surface area contributed by atoms with Gasteiger partial charge in [0.2, 0.25) is 0 Å². The first kappa shape index (κ1) is 11.5. The van der Waals surface area contributed by atoms with Crippen LogP contribution in [0.2, 0.25) is 0 Å². The van der Waals surface area contributed by atoms with Gasteiger partial charge in [0.1, 0.15) is 0 Å². The van der Waals surface area contributed by atoms with Gasteiger partial charge >= 0.3 is 0 Å². The molecule has 0 spiro atoms.